The van der Waals surface area contributed by atoms with Crippen molar-refractivity contribution in [1.82, 2.24) is 9.78 Å². The summed E-state index contributed by atoms with van der Waals surface area (Å²) in [4.78, 5) is 0. The van der Waals surface area contributed by atoms with Gasteiger partial charge in [0.2, 0.25) is 0 Å². The van der Waals surface area contributed by atoms with Gasteiger partial charge < -0.3 is 5.11 Å². The Kier molecular flexibility index (Phi) is 2.15. The topological polar surface area (TPSA) is 38.0 Å². The van der Waals surface area contributed by atoms with E-state index in [4.69, 9.17) is 0 Å². The third-order valence-corrected chi connectivity index (χ3v) is 4.53. The van der Waals surface area contributed by atoms with Crippen LogP contribution in [0.4, 0.5) is 0 Å². The molecule has 1 aromatic heterocycles. The Balaban J connectivity index is 1.82. The summed E-state index contributed by atoms with van der Waals surface area (Å²) in [5, 5.41) is 15.1. The summed E-state index contributed by atoms with van der Waals surface area (Å²) >= 11 is 0. The zero-order chi connectivity index (χ0) is 11.3. The van der Waals surface area contributed by atoms with Gasteiger partial charge in [-0.25, -0.2) is 0 Å². The minimum absolute atomic E-state index is 0.441. The van der Waals surface area contributed by atoms with Crippen LogP contribution in [-0.2, 0) is 13.5 Å². The summed E-state index contributed by atoms with van der Waals surface area (Å²) in [7, 11) is 1.97. The number of aromatic nitrogens is 2. The number of fused-ring (bicyclic) bond motifs is 2. The normalized spacial score (nSPS) is 37.2. The van der Waals surface area contributed by atoms with Crippen LogP contribution in [0.15, 0.2) is 6.07 Å². The summed E-state index contributed by atoms with van der Waals surface area (Å²) in [6.45, 7) is 2.01. The maximum Gasteiger partial charge on any atom is 0.0733 e. The van der Waals surface area contributed by atoms with Crippen LogP contribution in [0.3, 0.4) is 0 Å². The van der Waals surface area contributed by atoms with Crippen LogP contribution in [0.2, 0.25) is 0 Å². The van der Waals surface area contributed by atoms with Gasteiger partial charge in [0.05, 0.1) is 11.3 Å². The van der Waals surface area contributed by atoms with Crippen molar-refractivity contribution in [2.75, 3.05) is 0 Å². The first kappa shape index (κ1) is 10.3. The van der Waals surface area contributed by atoms with Gasteiger partial charge in [-0.2, -0.15) is 5.10 Å². The molecule has 0 spiro atoms. The van der Waals surface area contributed by atoms with E-state index in [1.165, 1.54) is 25.0 Å². The largest absolute Gasteiger partial charge is 0.389 e. The molecular weight excluding hydrogens is 200 g/mol. The van der Waals surface area contributed by atoms with Crippen molar-refractivity contribution in [2.45, 2.75) is 44.6 Å². The lowest BCUT2D eigenvalue weighted by Gasteiger charge is -2.32. The Labute approximate surface area is 96.5 Å². The second-order valence-corrected chi connectivity index (χ2v) is 5.76. The number of rotatable bonds is 2. The summed E-state index contributed by atoms with van der Waals surface area (Å²) < 4.78 is 1.92. The molecule has 3 rings (SSSR count). The minimum Gasteiger partial charge on any atom is -0.389 e. The van der Waals surface area contributed by atoms with E-state index in [0.717, 1.165) is 24.5 Å². The van der Waals surface area contributed by atoms with Crippen molar-refractivity contribution >= 4 is 0 Å². The molecule has 2 aliphatic rings. The molecule has 2 fully saturated rings. The first-order chi connectivity index (χ1) is 7.57. The molecule has 1 aromatic rings. The monoisotopic (exact) mass is 220 g/mol. The molecule has 0 amide bonds. The van der Waals surface area contributed by atoms with Crippen molar-refractivity contribution in [3.05, 3.63) is 17.5 Å². The van der Waals surface area contributed by atoms with Crippen molar-refractivity contribution in [3.8, 4) is 0 Å². The van der Waals surface area contributed by atoms with Crippen LogP contribution < -0.4 is 0 Å². The zero-order valence-electron chi connectivity index (χ0n) is 10.1. The molecule has 0 saturated heterocycles. The summed E-state index contributed by atoms with van der Waals surface area (Å²) in [6, 6.07) is 2.10. The molecule has 2 bridgehead atoms. The Bertz CT molecular complexity index is 412. The van der Waals surface area contributed by atoms with Gasteiger partial charge in [-0.3, -0.25) is 4.68 Å². The quantitative estimate of drug-likeness (QED) is 0.825. The van der Waals surface area contributed by atoms with E-state index < -0.39 is 5.60 Å². The van der Waals surface area contributed by atoms with Crippen LogP contribution in [0.5, 0.6) is 0 Å². The molecule has 2 aliphatic carbocycles. The predicted molar refractivity (Wildman–Crippen MR) is 62.0 cm³/mol. The number of nitrogens with zero attached hydrogens (tertiary/aromatic N) is 2. The van der Waals surface area contributed by atoms with E-state index in [0.29, 0.717) is 5.92 Å². The fraction of sp³-hybridized carbons (Fsp3) is 0.769. The lowest BCUT2D eigenvalue weighted by molar-refractivity contribution is -0.0139. The lowest BCUT2D eigenvalue weighted by Crippen LogP contribution is -2.38. The molecule has 1 heterocycles. The van der Waals surface area contributed by atoms with Crippen LogP contribution in [-0.4, -0.2) is 20.5 Å². The van der Waals surface area contributed by atoms with E-state index in [1.54, 1.807) is 0 Å². The molecule has 3 atom stereocenters. The van der Waals surface area contributed by atoms with Gasteiger partial charge >= 0.3 is 0 Å². The van der Waals surface area contributed by atoms with Gasteiger partial charge in [-0.05, 0) is 50.5 Å². The van der Waals surface area contributed by atoms with E-state index in [1.807, 2.05) is 18.7 Å². The van der Waals surface area contributed by atoms with Gasteiger partial charge in [0.1, 0.15) is 0 Å². The Hall–Kier alpha value is -0.830. The molecule has 88 valence electrons. The average molecular weight is 220 g/mol. The molecule has 3 heteroatoms. The first-order valence-corrected chi connectivity index (χ1v) is 6.29. The van der Waals surface area contributed by atoms with Gasteiger partial charge in [0.25, 0.3) is 0 Å². The first-order valence-electron chi connectivity index (χ1n) is 6.29. The fourth-order valence-corrected chi connectivity index (χ4v) is 3.77. The number of aryl methyl sites for hydroxylation is 2. The van der Waals surface area contributed by atoms with Crippen LogP contribution in [0.25, 0.3) is 0 Å². The molecule has 0 aliphatic heterocycles. The van der Waals surface area contributed by atoms with E-state index in [-0.39, 0.29) is 0 Å². The van der Waals surface area contributed by atoms with Crippen LogP contribution in [0, 0.1) is 18.8 Å². The van der Waals surface area contributed by atoms with Crippen molar-refractivity contribution < 1.29 is 5.11 Å². The maximum atomic E-state index is 10.7. The second-order valence-electron chi connectivity index (χ2n) is 5.76. The Morgan fingerprint density at radius 3 is 2.88 bits per heavy atom. The van der Waals surface area contributed by atoms with Crippen molar-refractivity contribution in [3.63, 3.8) is 0 Å². The van der Waals surface area contributed by atoms with Gasteiger partial charge in [-0.15, -0.1) is 0 Å². The summed E-state index contributed by atoms with van der Waals surface area (Å²) in [5.74, 6) is 1.32. The number of hydrogen-bond donors (Lipinski definition) is 1. The number of aliphatic hydroxyl groups is 1. The summed E-state index contributed by atoms with van der Waals surface area (Å²) in [5.41, 5.74) is 1.78. The molecule has 3 unspecified atom stereocenters. The van der Waals surface area contributed by atoms with E-state index in [9.17, 15) is 5.11 Å². The highest BCUT2D eigenvalue weighted by atomic mass is 16.3. The van der Waals surface area contributed by atoms with Gasteiger partial charge in [-0.1, -0.05) is 0 Å². The van der Waals surface area contributed by atoms with E-state index in [2.05, 4.69) is 11.2 Å². The fourth-order valence-electron chi connectivity index (χ4n) is 3.77. The lowest BCUT2D eigenvalue weighted by atomic mass is 9.81. The molecule has 0 aromatic carbocycles. The molecule has 1 N–H and O–H groups in total. The molecular formula is C13H20N2O. The highest BCUT2D eigenvalue weighted by molar-refractivity contribution is 5.14. The third kappa shape index (κ3) is 1.49. The SMILES string of the molecule is Cc1cc(CC2(O)CC3CCC2C3)n(C)n1. The van der Waals surface area contributed by atoms with Gasteiger partial charge in [0, 0.05) is 19.2 Å². The minimum atomic E-state index is -0.441. The smallest absolute Gasteiger partial charge is 0.0733 e. The molecule has 2 saturated carbocycles. The van der Waals surface area contributed by atoms with Crippen LogP contribution in [0.1, 0.15) is 37.1 Å². The zero-order valence-corrected chi connectivity index (χ0v) is 10.1. The van der Waals surface area contributed by atoms with E-state index >= 15 is 0 Å². The average Bonchev–Trinajstić information content (AvgIpc) is 2.82. The Morgan fingerprint density at radius 1 is 1.56 bits per heavy atom. The highest BCUT2D eigenvalue weighted by Gasteiger charge is 2.49. The maximum absolute atomic E-state index is 10.7. The summed E-state index contributed by atoms with van der Waals surface area (Å²) in [6.07, 6.45) is 5.58. The standard InChI is InChI=1S/C13H20N2O/c1-9-5-12(15(2)14-9)8-13(16)7-10-3-4-11(13)6-10/h5,10-11,16H,3-4,6-8H2,1-2H3. The van der Waals surface area contributed by atoms with Crippen molar-refractivity contribution in [1.29, 1.82) is 0 Å². The second kappa shape index (κ2) is 3.33. The van der Waals surface area contributed by atoms with Crippen molar-refractivity contribution in [2.24, 2.45) is 18.9 Å². The van der Waals surface area contributed by atoms with Gasteiger partial charge in [0.15, 0.2) is 0 Å². The third-order valence-electron chi connectivity index (χ3n) is 4.53. The predicted octanol–water partition coefficient (Wildman–Crippen LogP) is 1.82. The Morgan fingerprint density at radius 2 is 2.38 bits per heavy atom. The molecule has 0 radical (unpaired) electrons. The molecule has 3 nitrogen and oxygen atoms in total. The number of hydrogen-bond acceptors (Lipinski definition) is 2. The molecule has 16 heavy (non-hydrogen) atoms. The van der Waals surface area contributed by atoms with Crippen LogP contribution >= 0.6 is 0 Å². The highest BCUT2D eigenvalue weighted by Crippen LogP contribution is 2.51.